The third-order valence-corrected chi connectivity index (χ3v) is 3.91. The fourth-order valence-corrected chi connectivity index (χ4v) is 2.88. The molecule has 1 rings (SSSR count). The van der Waals surface area contributed by atoms with Gasteiger partial charge in [-0.15, -0.1) is 0 Å². The monoisotopic (exact) mass is 226 g/mol. The molecule has 0 aromatic rings. The van der Waals surface area contributed by atoms with Crippen LogP contribution in [-0.4, -0.2) is 36.6 Å². The Balaban J connectivity index is 2.22. The van der Waals surface area contributed by atoms with Crippen LogP contribution >= 0.6 is 0 Å². The van der Waals surface area contributed by atoms with Crippen LogP contribution in [0.25, 0.3) is 0 Å². The Morgan fingerprint density at radius 1 is 1.25 bits per heavy atom. The molecule has 1 heterocycles. The van der Waals surface area contributed by atoms with Gasteiger partial charge in [0.2, 0.25) is 0 Å². The molecule has 2 nitrogen and oxygen atoms in total. The molecule has 0 saturated carbocycles. The lowest BCUT2D eigenvalue weighted by Gasteiger charge is -2.33. The summed E-state index contributed by atoms with van der Waals surface area (Å²) in [6, 6.07) is 1.57. The van der Waals surface area contributed by atoms with Crippen LogP contribution in [0.15, 0.2) is 0 Å². The van der Waals surface area contributed by atoms with Crippen LogP contribution in [0.4, 0.5) is 0 Å². The van der Waals surface area contributed by atoms with Gasteiger partial charge in [-0.1, -0.05) is 39.5 Å². The Morgan fingerprint density at radius 2 is 2.06 bits per heavy atom. The Morgan fingerprint density at radius 3 is 2.62 bits per heavy atom. The van der Waals surface area contributed by atoms with E-state index in [1.165, 1.54) is 58.2 Å². The van der Waals surface area contributed by atoms with E-state index in [2.05, 4.69) is 31.0 Å². The van der Waals surface area contributed by atoms with Crippen LogP contribution < -0.4 is 5.32 Å². The summed E-state index contributed by atoms with van der Waals surface area (Å²) in [6.45, 7) is 10.6. The summed E-state index contributed by atoms with van der Waals surface area (Å²) in [4.78, 5) is 2.70. The summed E-state index contributed by atoms with van der Waals surface area (Å²) >= 11 is 0. The van der Waals surface area contributed by atoms with Crippen LogP contribution in [0.5, 0.6) is 0 Å². The molecule has 0 spiro atoms. The largest absolute Gasteiger partial charge is 0.315 e. The van der Waals surface area contributed by atoms with Crippen molar-refractivity contribution in [3.8, 4) is 0 Å². The van der Waals surface area contributed by atoms with Gasteiger partial charge in [-0.2, -0.15) is 0 Å². The second-order valence-electron chi connectivity index (χ2n) is 5.18. The molecule has 2 unspecified atom stereocenters. The highest BCUT2D eigenvalue weighted by molar-refractivity contribution is 4.83. The molecule has 96 valence electrons. The minimum atomic E-state index is 0.770. The molecule has 1 saturated heterocycles. The van der Waals surface area contributed by atoms with Crippen molar-refractivity contribution in [2.75, 3.05) is 19.6 Å². The van der Waals surface area contributed by atoms with Gasteiger partial charge in [0.05, 0.1) is 0 Å². The second kappa shape index (κ2) is 8.08. The molecule has 16 heavy (non-hydrogen) atoms. The molecule has 0 aromatic heterocycles. The van der Waals surface area contributed by atoms with E-state index in [4.69, 9.17) is 0 Å². The van der Waals surface area contributed by atoms with Gasteiger partial charge in [-0.3, -0.25) is 4.90 Å². The highest BCUT2D eigenvalue weighted by Crippen LogP contribution is 2.16. The average molecular weight is 226 g/mol. The molecule has 0 bridgehead atoms. The van der Waals surface area contributed by atoms with E-state index in [1.807, 2.05) is 0 Å². The van der Waals surface area contributed by atoms with Gasteiger partial charge in [-0.05, 0) is 32.9 Å². The molecule has 0 aliphatic carbocycles. The average Bonchev–Trinajstić information content (AvgIpc) is 2.79. The molecule has 2 heteroatoms. The minimum Gasteiger partial charge on any atom is -0.315 e. The van der Waals surface area contributed by atoms with Crippen molar-refractivity contribution in [1.82, 2.24) is 10.2 Å². The van der Waals surface area contributed by atoms with E-state index in [9.17, 15) is 0 Å². The maximum atomic E-state index is 3.48. The van der Waals surface area contributed by atoms with E-state index in [-0.39, 0.29) is 0 Å². The normalized spacial score (nSPS) is 22.9. The lowest BCUT2D eigenvalue weighted by atomic mass is 10.0. The summed E-state index contributed by atoms with van der Waals surface area (Å²) in [5, 5.41) is 3.48. The summed E-state index contributed by atoms with van der Waals surface area (Å²) < 4.78 is 0. The summed E-state index contributed by atoms with van der Waals surface area (Å²) in [7, 11) is 0. The van der Waals surface area contributed by atoms with Gasteiger partial charge >= 0.3 is 0 Å². The molecule has 1 aliphatic rings. The van der Waals surface area contributed by atoms with Crippen LogP contribution in [0.1, 0.15) is 59.3 Å². The summed E-state index contributed by atoms with van der Waals surface area (Å²) in [5.41, 5.74) is 0. The van der Waals surface area contributed by atoms with Gasteiger partial charge in [0.15, 0.2) is 0 Å². The first-order valence-electron chi connectivity index (χ1n) is 7.26. The molecule has 1 fully saturated rings. The van der Waals surface area contributed by atoms with Crippen molar-refractivity contribution in [3.63, 3.8) is 0 Å². The maximum absolute atomic E-state index is 3.48. The molecule has 0 radical (unpaired) electrons. The molecule has 1 aliphatic heterocycles. The highest BCUT2D eigenvalue weighted by Gasteiger charge is 2.24. The van der Waals surface area contributed by atoms with Crippen molar-refractivity contribution in [1.29, 1.82) is 0 Å². The highest BCUT2D eigenvalue weighted by atomic mass is 15.2. The Kier molecular flexibility index (Phi) is 7.06. The first-order chi connectivity index (χ1) is 7.79. The third kappa shape index (κ3) is 4.42. The first-order valence-corrected chi connectivity index (χ1v) is 7.26. The third-order valence-electron chi connectivity index (χ3n) is 3.91. The van der Waals surface area contributed by atoms with E-state index < -0.39 is 0 Å². The van der Waals surface area contributed by atoms with E-state index in [0.717, 1.165) is 12.1 Å². The lowest BCUT2D eigenvalue weighted by Crippen LogP contribution is -2.42. The zero-order valence-corrected chi connectivity index (χ0v) is 11.5. The molecular formula is C14H30N2. The summed E-state index contributed by atoms with van der Waals surface area (Å²) in [6.07, 6.45) is 8.30. The van der Waals surface area contributed by atoms with E-state index in [1.54, 1.807) is 0 Å². The molecule has 1 N–H and O–H groups in total. The number of unbranched alkanes of at least 4 members (excludes halogenated alkanes) is 3. The van der Waals surface area contributed by atoms with Crippen molar-refractivity contribution < 1.29 is 0 Å². The van der Waals surface area contributed by atoms with Gasteiger partial charge in [-0.25, -0.2) is 0 Å². The fraction of sp³-hybridized carbons (Fsp3) is 1.00. The van der Waals surface area contributed by atoms with Crippen LogP contribution in [-0.2, 0) is 0 Å². The molecule has 0 aromatic carbocycles. The van der Waals surface area contributed by atoms with E-state index >= 15 is 0 Å². The van der Waals surface area contributed by atoms with Crippen LogP contribution in [0.2, 0.25) is 0 Å². The Bertz CT molecular complexity index is 164. The van der Waals surface area contributed by atoms with Crippen LogP contribution in [0, 0.1) is 0 Å². The van der Waals surface area contributed by atoms with Gasteiger partial charge in [0, 0.05) is 18.6 Å². The predicted octanol–water partition coefficient (Wildman–Crippen LogP) is 3.03. The quantitative estimate of drug-likeness (QED) is 0.640. The number of rotatable bonds is 8. The van der Waals surface area contributed by atoms with Crippen LogP contribution in [0.3, 0.4) is 0 Å². The molecular weight excluding hydrogens is 196 g/mol. The SMILES string of the molecule is CCCCCCC(C)N(CC)C1CCNC1. The number of likely N-dealkylation sites (N-methyl/N-ethyl adjacent to an activating group) is 1. The fourth-order valence-electron chi connectivity index (χ4n) is 2.88. The lowest BCUT2D eigenvalue weighted by molar-refractivity contribution is 0.152. The zero-order chi connectivity index (χ0) is 11.8. The summed E-state index contributed by atoms with van der Waals surface area (Å²) in [5.74, 6) is 0. The smallest absolute Gasteiger partial charge is 0.0235 e. The Labute approximate surface area is 102 Å². The van der Waals surface area contributed by atoms with Crippen molar-refractivity contribution in [3.05, 3.63) is 0 Å². The number of nitrogens with zero attached hydrogens (tertiary/aromatic N) is 1. The van der Waals surface area contributed by atoms with Crippen molar-refractivity contribution >= 4 is 0 Å². The zero-order valence-electron chi connectivity index (χ0n) is 11.5. The maximum Gasteiger partial charge on any atom is 0.0235 e. The Hall–Kier alpha value is -0.0800. The predicted molar refractivity (Wildman–Crippen MR) is 71.9 cm³/mol. The minimum absolute atomic E-state index is 0.770. The topological polar surface area (TPSA) is 15.3 Å². The standard InChI is InChI=1S/C14H30N2/c1-4-6-7-8-9-13(3)16(5-2)14-10-11-15-12-14/h13-15H,4-12H2,1-3H3. The number of hydrogen-bond acceptors (Lipinski definition) is 2. The number of nitrogens with one attached hydrogen (secondary N) is 1. The first kappa shape index (κ1) is 14.0. The van der Waals surface area contributed by atoms with Gasteiger partial charge in [0.1, 0.15) is 0 Å². The van der Waals surface area contributed by atoms with Crippen molar-refractivity contribution in [2.24, 2.45) is 0 Å². The van der Waals surface area contributed by atoms with Crippen molar-refractivity contribution in [2.45, 2.75) is 71.4 Å². The molecule has 0 amide bonds. The molecule has 2 atom stereocenters. The van der Waals surface area contributed by atoms with E-state index in [0.29, 0.717) is 0 Å². The second-order valence-corrected chi connectivity index (χ2v) is 5.18. The van der Waals surface area contributed by atoms with Gasteiger partial charge in [0.25, 0.3) is 0 Å². The number of hydrogen-bond donors (Lipinski definition) is 1. The van der Waals surface area contributed by atoms with Gasteiger partial charge < -0.3 is 5.32 Å².